The van der Waals surface area contributed by atoms with E-state index in [9.17, 15) is 4.79 Å². The first-order valence-electron chi connectivity index (χ1n) is 5.09. The normalized spacial score (nSPS) is 10.6. The molecule has 0 bridgehead atoms. The highest BCUT2D eigenvalue weighted by molar-refractivity contribution is 9.10. The van der Waals surface area contributed by atoms with Crippen molar-refractivity contribution in [2.45, 2.75) is 26.8 Å². The Balaban J connectivity index is 3.03. The van der Waals surface area contributed by atoms with Crippen LogP contribution in [0.3, 0.4) is 0 Å². The molecule has 1 heterocycles. The smallest absolute Gasteiger partial charge is 0.283 e. The van der Waals surface area contributed by atoms with E-state index in [1.165, 1.54) is 4.68 Å². The lowest BCUT2D eigenvalue weighted by atomic mass is 10.3. The quantitative estimate of drug-likeness (QED) is 0.865. The first-order valence-corrected chi connectivity index (χ1v) is 5.88. The summed E-state index contributed by atoms with van der Waals surface area (Å²) >= 11 is 3.28. The van der Waals surface area contributed by atoms with Crippen molar-refractivity contribution >= 4 is 21.6 Å². The minimum atomic E-state index is -0.123. The molecule has 1 aromatic rings. The maximum atomic E-state index is 11.9. The van der Waals surface area contributed by atoms with Crippen LogP contribution >= 0.6 is 15.9 Å². The number of rotatable bonds is 4. The molecule has 0 amide bonds. The molecule has 0 radical (unpaired) electrons. The fourth-order valence-corrected chi connectivity index (χ4v) is 1.61. The Hall–Kier alpha value is -1.10. The lowest BCUT2D eigenvalue weighted by Crippen LogP contribution is -2.26. The molecule has 0 atom stereocenters. The average Bonchev–Trinajstić information content (AvgIpc) is 2.19. The molecule has 1 rings (SSSR count). The Labute approximate surface area is 103 Å². The van der Waals surface area contributed by atoms with Crippen LogP contribution in [0.5, 0.6) is 0 Å². The SMILES string of the molecule is C=C(C)CNc1cnn(C(C)C)c(=O)c1Br. The van der Waals surface area contributed by atoms with E-state index in [1.54, 1.807) is 6.20 Å². The van der Waals surface area contributed by atoms with Gasteiger partial charge in [-0.3, -0.25) is 4.79 Å². The van der Waals surface area contributed by atoms with Gasteiger partial charge in [-0.2, -0.15) is 5.10 Å². The molecule has 0 saturated heterocycles. The predicted octanol–water partition coefficient (Wildman–Crippen LogP) is 2.57. The Kier molecular flexibility index (Phi) is 4.29. The van der Waals surface area contributed by atoms with Crippen molar-refractivity contribution in [1.29, 1.82) is 0 Å². The lowest BCUT2D eigenvalue weighted by molar-refractivity contribution is 0.501. The topological polar surface area (TPSA) is 46.9 Å². The first-order chi connectivity index (χ1) is 7.43. The van der Waals surface area contributed by atoms with Gasteiger partial charge < -0.3 is 5.32 Å². The van der Waals surface area contributed by atoms with Crippen molar-refractivity contribution in [1.82, 2.24) is 9.78 Å². The summed E-state index contributed by atoms with van der Waals surface area (Å²) in [5.74, 6) is 0. The van der Waals surface area contributed by atoms with Crippen LogP contribution in [-0.4, -0.2) is 16.3 Å². The van der Waals surface area contributed by atoms with Gasteiger partial charge in [-0.1, -0.05) is 12.2 Å². The number of nitrogens with zero attached hydrogens (tertiary/aromatic N) is 2. The number of anilines is 1. The van der Waals surface area contributed by atoms with E-state index in [-0.39, 0.29) is 11.6 Å². The molecule has 0 fully saturated rings. The number of hydrogen-bond donors (Lipinski definition) is 1. The molecule has 0 spiro atoms. The van der Waals surface area contributed by atoms with Gasteiger partial charge in [0.15, 0.2) is 0 Å². The fraction of sp³-hybridized carbons (Fsp3) is 0.455. The van der Waals surface area contributed by atoms with Crippen molar-refractivity contribution < 1.29 is 0 Å². The molecule has 1 N–H and O–H groups in total. The minimum absolute atomic E-state index is 0.0546. The summed E-state index contributed by atoms with van der Waals surface area (Å²) in [6, 6.07) is 0.0546. The van der Waals surface area contributed by atoms with Crippen molar-refractivity contribution in [2.24, 2.45) is 0 Å². The van der Waals surface area contributed by atoms with E-state index in [2.05, 4.69) is 32.9 Å². The van der Waals surface area contributed by atoms with Crippen molar-refractivity contribution in [3.05, 3.63) is 33.2 Å². The number of hydrogen-bond acceptors (Lipinski definition) is 3. The number of nitrogens with one attached hydrogen (secondary N) is 1. The zero-order valence-electron chi connectivity index (χ0n) is 9.75. The molecule has 1 aromatic heterocycles. The fourth-order valence-electron chi connectivity index (χ4n) is 1.18. The summed E-state index contributed by atoms with van der Waals surface area (Å²) in [7, 11) is 0. The van der Waals surface area contributed by atoms with E-state index in [0.29, 0.717) is 16.7 Å². The van der Waals surface area contributed by atoms with Gasteiger partial charge in [0.2, 0.25) is 0 Å². The van der Waals surface area contributed by atoms with Crippen LogP contribution in [0.2, 0.25) is 0 Å². The largest absolute Gasteiger partial charge is 0.379 e. The zero-order valence-corrected chi connectivity index (χ0v) is 11.3. The van der Waals surface area contributed by atoms with Crippen LogP contribution in [0, 0.1) is 0 Å². The lowest BCUT2D eigenvalue weighted by Gasteiger charge is -2.12. The molecule has 0 aliphatic rings. The Morgan fingerprint density at radius 3 is 2.81 bits per heavy atom. The average molecular weight is 286 g/mol. The molecule has 0 aliphatic heterocycles. The van der Waals surface area contributed by atoms with Crippen LogP contribution in [-0.2, 0) is 0 Å². The molecule has 5 heteroatoms. The van der Waals surface area contributed by atoms with Crippen molar-refractivity contribution in [3.63, 3.8) is 0 Å². The van der Waals surface area contributed by atoms with Crippen molar-refractivity contribution in [2.75, 3.05) is 11.9 Å². The maximum Gasteiger partial charge on any atom is 0.283 e. The third-order valence-electron chi connectivity index (χ3n) is 2.01. The summed E-state index contributed by atoms with van der Waals surface area (Å²) in [6.07, 6.45) is 1.65. The molecule has 0 unspecified atom stereocenters. The summed E-state index contributed by atoms with van der Waals surface area (Å²) < 4.78 is 1.95. The van der Waals surface area contributed by atoms with E-state index in [0.717, 1.165) is 5.57 Å². The predicted molar refractivity (Wildman–Crippen MR) is 69.9 cm³/mol. The van der Waals surface area contributed by atoms with Gasteiger partial charge in [-0.25, -0.2) is 4.68 Å². The van der Waals surface area contributed by atoms with E-state index in [1.807, 2.05) is 20.8 Å². The second-order valence-corrected chi connectivity index (χ2v) is 4.82. The summed E-state index contributed by atoms with van der Waals surface area (Å²) in [6.45, 7) is 10.2. The molecule has 0 aliphatic carbocycles. The molecule has 4 nitrogen and oxygen atoms in total. The minimum Gasteiger partial charge on any atom is -0.379 e. The third kappa shape index (κ3) is 2.95. The van der Waals surface area contributed by atoms with Gasteiger partial charge in [-0.15, -0.1) is 0 Å². The van der Waals surface area contributed by atoms with Crippen molar-refractivity contribution in [3.8, 4) is 0 Å². The van der Waals surface area contributed by atoms with Gasteiger partial charge in [0.1, 0.15) is 4.47 Å². The molecular weight excluding hydrogens is 270 g/mol. The second-order valence-electron chi connectivity index (χ2n) is 4.03. The van der Waals surface area contributed by atoms with Gasteiger partial charge in [0, 0.05) is 6.54 Å². The third-order valence-corrected chi connectivity index (χ3v) is 2.78. The highest BCUT2D eigenvalue weighted by Gasteiger charge is 2.10. The summed E-state index contributed by atoms with van der Waals surface area (Å²) in [5.41, 5.74) is 1.58. The van der Waals surface area contributed by atoms with Gasteiger partial charge in [-0.05, 0) is 36.7 Å². The van der Waals surface area contributed by atoms with E-state index >= 15 is 0 Å². The number of halogens is 1. The Morgan fingerprint density at radius 1 is 1.69 bits per heavy atom. The van der Waals surface area contributed by atoms with E-state index in [4.69, 9.17) is 0 Å². The van der Waals surface area contributed by atoms with Crippen LogP contribution in [0.1, 0.15) is 26.8 Å². The molecular formula is C11H16BrN3O. The standard InChI is InChI=1S/C11H16BrN3O/c1-7(2)5-13-9-6-14-15(8(3)4)11(16)10(9)12/h6,8,13H,1,5H2,2-4H3. The summed E-state index contributed by atoms with van der Waals surface area (Å²) in [5, 5.41) is 7.20. The van der Waals surface area contributed by atoms with Crippen LogP contribution in [0.15, 0.2) is 27.6 Å². The second kappa shape index (κ2) is 5.30. The van der Waals surface area contributed by atoms with Crippen LogP contribution in [0.4, 0.5) is 5.69 Å². The van der Waals surface area contributed by atoms with Gasteiger partial charge >= 0.3 is 0 Å². The van der Waals surface area contributed by atoms with E-state index < -0.39 is 0 Å². The van der Waals surface area contributed by atoms with Crippen LogP contribution < -0.4 is 10.9 Å². The highest BCUT2D eigenvalue weighted by atomic mass is 79.9. The van der Waals surface area contributed by atoms with Crippen LogP contribution in [0.25, 0.3) is 0 Å². The molecule has 88 valence electrons. The Bertz CT molecular complexity index is 451. The van der Waals surface area contributed by atoms with Gasteiger partial charge in [0.25, 0.3) is 5.56 Å². The monoisotopic (exact) mass is 285 g/mol. The molecule has 0 aromatic carbocycles. The molecule has 0 saturated carbocycles. The first kappa shape index (κ1) is 13.0. The highest BCUT2D eigenvalue weighted by Crippen LogP contribution is 2.17. The maximum absolute atomic E-state index is 11.9. The summed E-state index contributed by atoms with van der Waals surface area (Å²) in [4.78, 5) is 11.9. The molecule has 16 heavy (non-hydrogen) atoms. The zero-order chi connectivity index (χ0) is 12.3. The number of aromatic nitrogens is 2. The van der Waals surface area contributed by atoms with Gasteiger partial charge in [0.05, 0.1) is 17.9 Å². The Morgan fingerprint density at radius 2 is 2.31 bits per heavy atom.